The molecule has 2 rings (SSSR count). The molecule has 0 heterocycles. The van der Waals surface area contributed by atoms with Crippen LogP contribution in [0.5, 0.6) is 11.5 Å². The van der Waals surface area contributed by atoms with Gasteiger partial charge in [-0.1, -0.05) is 24.3 Å². The van der Waals surface area contributed by atoms with Crippen LogP contribution in [-0.2, 0) is 0 Å². The van der Waals surface area contributed by atoms with Gasteiger partial charge in [-0.3, -0.25) is 0 Å². The first-order valence-electron chi connectivity index (χ1n) is 5.12. The Hall–Kier alpha value is -2.76. The van der Waals surface area contributed by atoms with Crippen molar-refractivity contribution in [1.82, 2.24) is 5.43 Å². The first kappa shape index (κ1) is 11.7. The number of hydrazone groups is 1. The van der Waals surface area contributed by atoms with Gasteiger partial charge in [-0.2, -0.15) is 5.10 Å². The number of amides is 2. The van der Waals surface area contributed by atoms with Crippen molar-refractivity contribution in [3.63, 3.8) is 0 Å². The number of benzene rings is 2. The second-order valence-electron chi connectivity index (χ2n) is 3.61. The highest BCUT2D eigenvalue weighted by molar-refractivity contribution is 6.03. The van der Waals surface area contributed by atoms with E-state index in [9.17, 15) is 15.0 Å². The number of phenolic OH excluding ortho intramolecular Hbond substituents is 2. The Labute approximate surface area is 102 Å². The van der Waals surface area contributed by atoms with E-state index < -0.39 is 6.03 Å². The van der Waals surface area contributed by atoms with Crippen LogP contribution in [0.25, 0.3) is 10.8 Å². The summed E-state index contributed by atoms with van der Waals surface area (Å²) in [7, 11) is 0. The zero-order valence-electron chi connectivity index (χ0n) is 9.29. The molecule has 0 saturated carbocycles. The van der Waals surface area contributed by atoms with E-state index in [1.807, 2.05) is 5.43 Å². The standard InChI is InChI=1S/C12H11N3O3/c13-12(18)15-14-6-9-8-4-2-1-3-7(8)5-10(16)11(9)17/h1-6,16-17H,(H3,13,15,18). The summed E-state index contributed by atoms with van der Waals surface area (Å²) in [4.78, 5) is 10.5. The van der Waals surface area contributed by atoms with E-state index in [1.54, 1.807) is 24.3 Å². The van der Waals surface area contributed by atoms with Gasteiger partial charge in [0.1, 0.15) is 0 Å². The smallest absolute Gasteiger partial charge is 0.332 e. The van der Waals surface area contributed by atoms with Crippen molar-refractivity contribution >= 4 is 23.0 Å². The summed E-state index contributed by atoms with van der Waals surface area (Å²) in [6, 6.07) is 7.78. The molecular weight excluding hydrogens is 234 g/mol. The summed E-state index contributed by atoms with van der Waals surface area (Å²) in [5.41, 5.74) is 7.19. The van der Waals surface area contributed by atoms with Crippen molar-refractivity contribution in [2.75, 3.05) is 0 Å². The number of hydrogen-bond donors (Lipinski definition) is 4. The van der Waals surface area contributed by atoms with Crippen LogP contribution in [0.4, 0.5) is 4.79 Å². The number of fused-ring (bicyclic) bond motifs is 1. The molecule has 6 heteroatoms. The Morgan fingerprint density at radius 1 is 1.33 bits per heavy atom. The molecule has 0 aromatic heterocycles. The van der Waals surface area contributed by atoms with Crippen molar-refractivity contribution in [3.05, 3.63) is 35.9 Å². The average molecular weight is 245 g/mol. The minimum Gasteiger partial charge on any atom is -0.504 e. The van der Waals surface area contributed by atoms with Crippen LogP contribution in [0, 0.1) is 0 Å². The lowest BCUT2D eigenvalue weighted by atomic mass is 10.0. The molecule has 0 atom stereocenters. The quantitative estimate of drug-likeness (QED) is 0.363. The fraction of sp³-hybridized carbons (Fsp3) is 0. The molecule has 18 heavy (non-hydrogen) atoms. The van der Waals surface area contributed by atoms with Gasteiger partial charge < -0.3 is 15.9 Å². The number of nitrogens with one attached hydrogen (secondary N) is 1. The van der Waals surface area contributed by atoms with E-state index >= 15 is 0 Å². The summed E-state index contributed by atoms with van der Waals surface area (Å²) in [6.45, 7) is 0. The first-order chi connectivity index (χ1) is 8.59. The maximum Gasteiger partial charge on any atom is 0.332 e. The minimum absolute atomic E-state index is 0.255. The number of nitrogens with two attached hydrogens (primary N) is 1. The number of carbonyl (C=O) groups excluding carboxylic acids is 1. The van der Waals surface area contributed by atoms with Crippen molar-refractivity contribution in [2.45, 2.75) is 0 Å². The lowest BCUT2D eigenvalue weighted by Gasteiger charge is -2.06. The van der Waals surface area contributed by atoms with Gasteiger partial charge in [-0.05, 0) is 16.8 Å². The number of carbonyl (C=O) groups is 1. The lowest BCUT2D eigenvalue weighted by molar-refractivity contribution is 0.249. The number of phenols is 2. The second-order valence-corrected chi connectivity index (χ2v) is 3.61. The van der Waals surface area contributed by atoms with Gasteiger partial charge in [0.15, 0.2) is 11.5 Å². The van der Waals surface area contributed by atoms with Crippen LogP contribution in [-0.4, -0.2) is 22.5 Å². The summed E-state index contributed by atoms with van der Waals surface area (Å²) in [5.74, 6) is -0.557. The maximum atomic E-state index is 10.5. The molecule has 5 N–H and O–H groups in total. The Kier molecular flexibility index (Phi) is 3.01. The minimum atomic E-state index is -0.810. The van der Waals surface area contributed by atoms with E-state index in [0.29, 0.717) is 10.9 Å². The molecule has 0 radical (unpaired) electrons. The largest absolute Gasteiger partial charge is 0.504 e. The first-order valence-corrected chi connectivity index (χ1v) is 5.12. The highest BCUT2D eigenvalue weighted by Crippen LogP contribution is 2.34. The van der Waals surface area contributed by atoms with E-state index in [-0.39, 0.29) is 11.5 Å². The van der Waals surface area contributed by atoms with Gasteiger partial charge in [0.05, 0.1) is 6.21 Å². The van der Waals surface area contributed by atoms with E-state index in [1.165, 1.54) is 12.3 Å². The summed E-state index contributed by atoms with van der Waals surface area (Å²) in [5, 5.41) is 24.4. The molecular formula is C12H11N3O3. The molecule has 0 saturated heterocycles. The van der Waals surface area contributed by atoms with Gasteiger partial charge >= 0.3 is 6.03 Å². The molecule has 0 aliphatic heterocycles. The molecule has 92 valence electrons. The van der Waals surface area contributed by atoms with E-state index in [0.717, 1.165) is 5.39 Å². The molecule has 0 aliphatic rings. The van der Waals surface area contributed by atoms with Crippen LogP contribution in [0.3, 0.4) is 0 Å². The second kappa shape index (κ2) is 4.62. The number of urea groups is 1. The predicted molar refractivity (Wildman–Crippen MR) is 67.6 cm³/mol. The third-order valence-electron chi connectivity index (χ3n) is 2.41. The molecule has 0 aliphatic carbocycles. The Balaban J connectivity index is 2.56. The van der Waals surface area contributed by atoms with E-state index in [4.69, 9.17) is 5.73 Å². The Bertz CT molecular complexity index is 638. The number of nitrogens with zero attached hydrogens (tertiary/aromatic N) is 1. The fourth-order valence-electron chi connectivity index (χ4n) is 1.64. The number of primary amides is 1. The van der Waals surface area contributed by atoms with Crippen molar-refractivity contribution in [2.24, 2.45) is 10.8 Å². The molecule has 0 spiro atoms. The maximum absolute atomic E-state index is 10.5. The number of aromatic hydroxyl groups is 2. The zero-order valence-corrected chi connectivity index (χ0v) is 9.29. The predicted octanol–water partition coefficient (Wildman–Crippen LogP) is 1.25. The third kappa shape index (κ3) is 2.17. The van der Waals surface area contributed by atoms with E-state index in [2.05, 4.69) is 5.10 Å². The van der Waals surface area contributed by atoms with Crippen LogP contribution in [0.2, 0.25) is 0 Å². The van der Waals surface area contributed by atoms with Crippen LogP contribution in [0.15, 0.2) is 35.4 Å². The van der Waals surface area contributed by atoms with Gasteiger partial charge in [-0.25, -0.2) is 10.2 Å². The number of hydrogen-bond acceptors (Lipinski definition) is 4. The summed E-state index contributed by atoms with van der Waals surface area (Å²) in [6.07, 6.45) is 1.22. The highest BCUT2D eigenvalue weighted by Gasteiger charge is 2.10. The van der Waals surface area contributed by atoms with Crippen molar-refractivity contribution in [3.8, 4) is 11.5 Å². The normalized spacial score (nSPS) is 10.9. The summed E-state index contributed by atoms with van der Waals surface area (Å²) >= 11 is 0. The van der Waals surface area contributed by atoms with Crippen LogP contribution >= 0.6 is 0 Å². The van der Waals surface area contributed by atoms with Gasteiger partial charge in [0.25, 0.3) is 0 Å². The van der Waals surface area contributed by atoms with Crippen LogP contribution < -0.4 is 11.2 Å². The highest BCUT2D eigenvalue weighted by atomic mass is 16.3. The molecule has 2 aromatic rings. The Morgan fingerprint density at radius 2 is 2.06 bits per heavy atom. The van der Waals surface area contributed by atoms with Gasteiger partial charge in [0, 0.05) is 5.56 Å². The molecule has 0 fully saturated rings. The summed E-state index contributed by atoms with van der Waals surface area (Å²) < 4.78 is 0. The topological polar surface area (TPSA) is 108 Å². The SMILES string of the molecule is NC(=O)NN=Cc1c(O)c(O)cc2ccccc12. The van der Waals surface area contributed by atoms with Crippen molar-refractivity contribution in [1.29, 1.82) is 0 Å². The fourth-order valence-corrected chi connectivity index (χ4v) is 1.64. The molecule has 2 aromatic carbocycles. The monoisotopic (exact) mass is 245 g/mol. The van der Waals surface area contributed by atoms with Gasteiger partial charge in [0.2, 0.25) is 0 Å². The zero-order chi connectivity index (χ0) is 13.1. The molecule has 2 amide bonds. The molecule has 0 unspecified atom stereocenters. The molecule has 6 nitrogen and oxygen atoms in total. The average Bonchev–Trinajstić information content (AvgIpc) is 2.33. The van der Waals surface area contributed by atoms with Gasteiger partial charge in [-0.15, -0.1) is 0 Å². The lowest BCUT2D eigenvalue weighted by Crippen LogP contribution is -2.24. The Morgan fingerprint density at radius 3 is 2.78 bits per heavy atom. The third-order valence-corrected chi connectivity index (χ3v) is 2.41. The van der Waals surface area contributed by atoms with Crippen LogP contribution in [0.1, 0.15) is 5.56 Å². The number of rotatable bonds is 2. The van der Waals surface area contributed by atoms with Crippen molar-refractivity contribution < 1.29 is 15.0 Å². The molecule has 0 bridgehead atoms.